The number of hydrogen-bond donors (Lipinski definition) is 1. The molecule has 0 aromatic rings. The van der Waals surface area contributed by atoms with Crippen LogP contribution < -0.4 is 5.32 Å². The molecule has 0 aromatic carbocycles. The van der Waals surface area contributed by atoms with Crippen LogP contribution in [0.1, 0.15) is 57.8 Å². The second kappa shape index (κ2) is 5.51. The molecule has 1 unspecified atom stereocenters. The lowest BCUT2D eigenvalue weighted by Gasteiger charge is -2.25. The first kappa shape index (κ1) is 12.9. The van der Waals surface area contributed by atoms with Crippen molar-refractivity contribution in [2.24, 2.45) is 5.92 Å². The quantitative estimate of drug-likeness (QED) is 0.842. The molecule has 3 rings (SSSR count). The molecule has 3 aliphatic rings. The Morgan fingerprint density at radius 2 is 1.74 bits per heavy atom. The maximum absolute atomic E-state index is 12.4. The molecule has 19 heavy (non-hydrogen) atoms. The van der Waals surface area contributed by atoms with E-state index in [1.54, 1.807) is 0 Å². The Balaban J connectivity index is 1.54. The first-order valence-corrected chi connectivity index (χ1v) is 7.84. The van der Waals surface area contributed by atoms with E-state index in [4.69, 9.17) is 0 Å². The Kier molecular flexibility index (Phi) is 3.76. The molecule has 2 amide bonds. The minimum Gasteiger partial charge on any atom is -0.352 e. The van der Waals surface area contributed by atoms with Crippen molar-refractivity contribution in [1.29, 1.82) is 0 Å². The van der Waals surface area contributed by atoms with Gasteiger partial charge in [-0.15, -0.1) is 0 Å². The van der Waals surface area contributed by atoms with Gasteiger partial charge in [0.1, 0.15) is 6.04 Å². The number of carbonyl (C=O) groups excluding carboxylic acids is 2. The summed E-state index contributed by atoms with van der Waals surface area (Å²) in [6.45, 7) is 0.772. The van der Waals surface area contributed by atoms with Crippen LogP contribution in [0.2, 0.25) is 0 Å². The number of amides is 2. The lowest BCUT2D eigenvalue weighted by Crippen LogP contribution is -2.46. The molecule has 0 aromatic heterocycles. The molecule has 1 aliphatic heterocycles. The molecule has 4 nitrogen and oxygen atoms in total. The van der Waals surface area contributed by atoms with Crippen molar-refractivity contribution < 1.29 is 9.59 Å². The second-order valence-electron chi connectivity index (χ2n) is 6.38. The topological polar surface area (TPSA) is 49.4 Å². The van der Waals surface area contributed by atoms with E-state index in [2.05, 4.69) is 5.32 Å². The first-order chi connectivity index (χ1) is 9.24. The zero-order valence-corrected chi connectivity index (χ0v) is 11.6. The molecule has 1 saturated heterocycles. The third-order valence-corrected chi connectivity index (χ3v) is 4.74. The van der Waals surface area contributed by atoms with Crippen molar-refractivity contribution in [3.8, 4) is 0 Å². The summed E-state index contributed by atoms with van der Waals surface area (Å²) in [7, 11) is 0. The van der Waals surface area contributed by atoms with Gasteiger partial charge in [-0.25, -0.2) is 0 Å². The molecule has 106 valence electrons. The molecule has 0 spiro atoms. The van der Waals surface area contributed by atoms with Gasteiger partial charge in [-0.1, -0.05) is 12.8 Å². The van der Waals surface area contributed by atoms with E-state index < -0.39 is 0 Å². The SMILES string of the molecule is O=C(NC1CC1)C1CCCN1C(=O)CC1CCCC1. The highest BCUT2D eigenvalue weighted by Crippen LogP contribution is 2.30. The van der Waals surface area contributed by atoms with Crippen LogP contribution in [-0.4, -0.2) is 35.3 Å². The van der Waals surface area contributed by atoms with Gasteiger partial charge < -0.3 is 10.2 Å². The van der Waals surface area contributed by atoms with Gasteiger partial charge in [-0.2, -0.15) is 0 Å². The van der Waals surface area contributed by atoms with Crippen molar-refractivity contribution in [1.82, 2.24) is 10.2 Å². The fraction of sp³-hybridized carbons (Fsp3) is 0.867. The molecule has 4 heteroatoms. The lowest BCUT2D eigenvalue weighted by molar-refractivity contribution is -0.139. The first-order valence-electron chi connectivity index (χ1n) is 7.84. The van der Waals surface area contributed by atoms with Crippen LogP contribution >= 0.6 is 0 Å². The van der Waals surface area contributed by atoms with Gasteiger partial charge in [-0.3, -0.25) is 9.59 Å². The maximum Gasteiger partial charge on any atom is 0.243 e. The largest absolute Gasteiger partial charge is 0.352 e. The molecule has 0 radical (unpaired) electrons. The molecule has 2 saturated carbocycles. The Labute approximate surface area is 114 Å². The van der Waals surface area contributed by atoms with Gasteiger partial charge in [0.25, 0.3) is 0 Å². The summed E-state index contributed by atoms with van der Waals surface area (Å²) in [5.74, 6) is 0.861. The van der Waals surface area contributed by atoms with Crippen LogP contribution in [0.3, 0.4) is 0 Å². The third-order valence-electron chi connectivity index (χ3n) is 4.74. The van der Waals surface area contributed by atoms with Crippen molar-refractivity contribution in [2.45, 2.75) is 69.9 Å². The Bertz CT molecular complexity index is 359. The van der Waals surface area contributed by atoms with E-state index in [1.807, 2.05) is 4.90 Å². The third kappa shape index (κ3) is 3.10. The van der Waals surface area contributed by atoms with Crippen LogP contribution in [0.25, 0.3) is 0 Å². The number of nitrogens with zero attached hydrogens (tertiary/aromatic N) is 1. The second-order valence-corrected chi connectivity index (χ2v) is 6.38. The van der Waals surface area contributed by atoms with Crippen LogP contribution in [0.5, 0.6) is 0 Å². The standard InChI is InChI=1S/C15H24N2O2/c18-14(10-11-4-1-2-5-11)17-9-3-6-13(17)15(19)16-12-7-8-12/h11-13H,1-10H2,(H,16,19). The fourth-order valence-corrected chi connectivity index (χ4v) is 3.44. The molecular weight excluding hydrogens is 240 g/mol. The highest BCUT2D eigenvalue weighted by molar-refractivity contribution is 5.88. The van der Waals surface area contributed by atoms with E-state index in [-0.39, 0.29) is 17.9 Å². The summed E-state index contributed by atoms with van der Waals surface area (Å²) in [6, 6.07) is 0.203. The summed E-state index contributed by atoms with van der Waals surface area (Å²) >= 11 is 0. The van der Waals surface area contributed by atoms with Crippen molar-refractivity contribution in [3.05, 3.63) is 0 Å². The average molecular weight is 264 g/mol. The summed E-state index contributed by atoms with van der Waals surface area (Å²) in [5.41, 5.74) is 0. The van der Waals surface area contributed by atoms with Gasteiger partial charge >= 0.3 is 0 Å². The Morgan fingerprint density at radius 1 is 1.00 bits per heavy atom. The van der Waals surface area contributed by atoms with Crippen LogP contribution in [-0.2, 0) is 9.59 Å². The molecule has 3 fully saturated rings. The minimum absolute atomic E-state index is 0.0831. The number of nitrogens with one attached hydrogen (secondary N) is 1. The molecule has 1 atom stereocenters. The van der Waals surface area contributed by atoms with Gasteiger partial charge in [0.15, 0.2) is 0 Å². The molecule has 0 bridgehead atoms. The van der Waals surface area contributed by atoms with E-state index in [9.17, 15) is 9.59 Å². The zero-order valence-electron chi connectivity index (χ0n) is 11.6. The van der Waals surface area contributed by atoms with Gasteiger partial charge in [0.2, 0.25) is 11.8 Å². The van der Waals surface area contributed by atoms with Crippen molar-refractivity contribution in [3.63, 3.8) is 0 Å². The Morgan fingerprint density at radius 3 is 2.42 bits per heavy atom. The fourth-order valence-electron chi connectivity index (χ4n) is 3.44. The van der Waals surface area contributed by atoms with Gasteiger partial charge in [0, 0.05) is 19.0 Å². The van der Waals surface area contributed by atoms with Gasteiger partial charge in [-0.05, 0) is 44.4 Å². The normalized spacial score (nSPS) is 27.8. The maximum atomic E-state index is 12.4. The van der Waals surface area contributed by atoms with E-state index >= 15 is 0 Å². The summed E-state index contributed by atoms with van der Waals surface area (Å²) in [5, 5.41) is 3.04. The predicted molar refractivity (Wildman–Crippen MR) is 72.5 cm³/mol. The number of hydrogen-bond acceptors (Lipinski definition) is 2. The number of carbonyl (C=O) groups is 2. The predicted octanol–water partition coefficient (Wildman–Crippen LogP) is 1.84. The minimum atomic E-state index is -0.186. The van der Waals surface area contributed by atoms with Gasteiger partial charge in [0.05, 0.1) is 0 Å². The Hall–Kier alpha value is -1.06. The van der Waals surface area contributed by atoms with E-state index in [0.717, 1.165) is 32.2 Å². The lowest BCUT2D eigenvalue weighted by atomic mass is 10.0. The highest BCUT2D eigenvalue weighted by atomic mass is 16.2. The van der Waals surface area contributed by atoms with E-state index in [1.165, 1.54) is 25.7 Å². The average Bonchev–Trinajstić information content (AvgIpc) is 2.91. The summed E-state index contributed by atoms with van der Waals surface area (Å²) in [4.78, 5) is 26.3. The van der Waals surface area contributed by atoms with Crippen molar-refractivity contribution in [2.75, 3.05) is 6.54 Å². The van der Waals surface area contributed by atoms with E-state index in [0.29, 0.717) is 18.4 Å². The molecule has 1 N–H and O–H groups in total. The molecule has 2 aliphatic carbocycles. The summed E-state index contributed by atoms with van der Waals surface area (Å²) in [6.07, 6.45) is 9.61. The highest BCUT2D eigenvalue weighted by Gasteiger charge is 2.36. The van der Waals surface area contributed by atoms with Crippen LogP contribution in [0.15, 0.2) is 0 Å². The number of rotatable bonds is 4. The van der Waals surface area contributed by atoms with Crippen LogP contribution in [0.4, 0.5) is 0 Å². The van der Waals surface area contributed by atoms with Crippen LogP contribution in [0, 0.1) is 5.92 Å². The summed E-state index contributed by atoms with van der Waals surface area (Å²) < 4.78 is 0. The smallest absolute Gasteiger partial charge is 0.243 e. The number of likely N-dealkylation sites (tertiary alicyclic amines) is 1. The zero-order chi connectivity index (χ0) is 13.2. The molecular formula is C15H24N2O2. The van der Waals surface area contributed by atoms with Crippen molar-refractivity contribution >= 4 is 11.8 Å². The molecule has 1 heterocycles. The monoisotopic (exact) mass is 264 g/mol.